The number of nitrogens with zero attached hydrogens (tertiary/aromatic N) is 1. The first kappa shape index (κ1) is 17.8. The fraction of sp³-hybridized carbons (Fsp3) is 0.0400. The summed E-state index contributed by atoms with van der Waals surface area (Å²) in [6.45, 7) is 1.53. The Kier molecular flexibility index (Phi) is 5.49. The molecule has 0 unspecified atom stereocenters. The predicted octanol–water partition coefficient (Wildman–Crippen LogP) is 4.56. The highest BCUT2D eigenvalue weighted by Crippen LogP contribution is 2.11. The van der Waals surface area contributed by atoms with E-state index in [-0.39, 0.29) is 5.78 Å². The third-order valence-electron chi connectivity index (χ3n) is 3.94. The van der Waals surface area contributed by atoms with Gasteiger partial charge in [0.05, 0.1) is 5.56 Å². The van der Waals surface area contributed by atoms with Crippen LogP contribution in [0.2, 0.25) is 0 Å². The van der Waals surface area contributed by atoms with E-state index in [4.69, 9.17) is 0 Å². The SMILES string of the molecule is CC(=O)c1ccccc1C#Cc1ccccc1C#Cc1ccccc1C#N. The van der Waals surface area contributed by atoms with Crippen LogP contribution in [-0.2, 0) is 0 Å². The molecule has 0 radical (unpaired) electrons. The summed E-state index contributed by atoms with van der Waals surface area (Å²) in [4.78, 5) is 11.7. The van der Waals surface area contributed by atoms with Crippen molar-refractivity contribution in [2.75, 3.05) is 0 Å². The van der Waals surface area contributed by atoms with E-state index < -0.39 is 0 Å². The van der Waals surface area contributed by atoms with Crippen molar-refractivity contribution in [2.45, 2.75) is 6.92 Å². The van der Waals surface area contributed by atoms with Gasteiger partial charge in [-0.2, -0.15) is 5.26 Å². The molecule has 0 N–H and O–H groups in total. The second kappa shape index (κ2) is 8.35. The Morgan fingerprint density at radius 1 is 0.630 bits per heavy atom. The Hall–Kier alpha value is -4.06. The Bertz CT molecular complexity index is 1170. The molecule has 0 heterocycles. The van der Waals surface area contributed by atoms with Crippen LogP contribution in [0, 0.1) is 35.0 Å². The highest BCUT2D eigenvalue weighted by molar-refractivity contribution is 5.96. The Morgan fingerprint density at radius 3 is 1.48 bits per heavy atom. The number of carbonyl (C=O) groups excluding carboxylic acids is 1. The van der Waals surface area contributed by atoms with Crippen LogP contribution in [0.15, 0.2) is 72.8 Å². The second-order valence-electron chi connectivity index (χ2n) is 5.80. The highest BCUT2D eigenvalue weighted by Gasteiger charge is 2.03. The quantitative estimate of drug-likeness (QED) is 0.479. The van der Waals surface area contributed by atoms with Gasteiger partial charge in [-0.05, 0) is 37.3 Å². The van der Waals surface area contributed by atoms with Gasteiger partial charge in [-0.25, -0.2) is 0 Å². The molecule has 3 aromatic rings. The molecular formula is C25H15NO. The normalized spacial score (nSPS) is 9.19. The third-order valence-corrected chi connectivity index (χ3v) is 3.94. The molecule has 0 spiro atoms. The molecule has 0 saturated carbocycles. The number of ketones is 1. The summed E-state index contributed by atoms with van der Waals surface area (Å²) in [6, 6.07) is 24.3. The molecule has 3 rings (SSSR count). The molecule has 0 aliphatic rings. The fourth-order valence-electron chi connectivity index (χ4n) is 2.56. The van der Waals surface area contributed by atoms with Gasteiger partial charge in [-0.3, -0.25) is 4.79 Å². The molecule has 2 heteroatoms. The van der Waals surface area contributed by atoms with Gasteiger partial charge >= 0.3 is 0 Å². The first-order chi connectivity index (χ1) is 13.2. The molecule has 0 aliphatic carbocycles. The summed E-state index contributed by atoms with van der Waals surface area (Å²) in [6.07, 6.45) is 0. The van der Waals surface area contributed by atoms with E-state index in [1.807, 2.05) is 60.7 Å². The number of carbonyl (C=O) groups is 1. The lowest BCUT2D eigenvalue weighted by Crippen LogP contribution is -1.95. The van der Waals surface area contributed by atoms with Gasteiger partial charge in [0.25, 0.3) is 0 Å². The molecule has 0 bridgehead atoms. The molecule has 0 aromatic heterocycles. The van der Waals surface area contributed by atoms with Crippen LogP contribution < -0.4 is 0 Å². The zero-order valence-electron chi connectivity index (χ0n) is 14.8. The monoisotopic (exact) mass is 345 g/mol. The van der Waals surface area contributed by atoms with E-state index in [1.54, 1.807) is 12.1 Å². The summed E-state index contributed by atoms with van der Waals surface area (Å²) >= 11 is 0. The second-order valence-corrected chi connectivity index (χ2v) is 5.80. The van der Waals surface area contributed by atoms with Gasteiger partial charge in [0.15, 0.2) is 5.78 Å². The van der Waals surface area contributed by atoms with E-state index in [0.717, 1.165) is 11.1 Å². The number of benzene rings is 3. The number of rotatable bonds is 1. The molecule has 2 nitrogen and oxygen atoms in total. The molecule has 0 fully saturated rings. The maximum atomic E-state index is 11.7. The average Bonchev–Trinajstić information content (AvgIpc) is 2.71. The number of Topliss-reactive ketones (excluding diaryl/α,β-unsaturated/α-hetero) is 1. The van der Waals surface area contributed by atoms with Crippen LogP contribution in [0.1, 0.15) is 45.1 Å². The zero-order valence-corrected chi connectivity index (χ0v) is 14.8. The van der Waals surface area contributed by atoms with Crippen molar-refractivity contribution in [1.29, 1.82) is 5.26 Å². The molecule has 27 heavy (non-hydrogen) atoms. The molecule has 3 aromatic carbocycles. The van der Waals surface area contributed by atoms with Gasteiger partial charge in [-0.1, -0.05) is 66.1 Å². The first-order valence-corrected chi connectivity index (χ1v) is 8.41. The van der Waals surface area contributed by atoms with Crippen LogP contribution >= 0.6 is 0 Å². The Labute approximate surface area is 159 Å². The standard InChI is InChI=1S/C25H15NO/c1-19(27)25-13-7-6-11-23(25)17-16-21-9-3-2-8-20(21)14-15-22-10-4-5-12-24(22)18-26/h2-13H,1H3. The van der Waals surface area contributed by atoms with E-state index in [2.05, 4.69) is 29.8 Å². The van der Waals surface area contributed by atoms with Crippen molar-refractivity contribution in [3.05, 3.63) is 106 Å². The van der Waals surface area contributed by atoms with E-state index >= 15 is 0 Å². The molecule has 126 valence electrons. The summed E-state index contributed by atoms with van der Waals surface area (Å²) in [5, 5.41) is 9.18. The summed E-state index contributed by atoms with van der Waals surface area (Å²) < 4.78 is 0. The first-order valence-electron chi connectivity index (χ1n) is 8.41. The van der Waals surface area contributed by atoms with Crippen molar-refractivity contribution in [2.24, 2.45) is 0 Å². The lowest BCUT2D eigenvalue weighted by atomic mass is 10.0. The summed E-state index contributed by atoms with van der Waals surface area (Å²) in [5.74, 6) is 12.3. The van der Waals surface area contributed by atoms with Crippen molar-refractivity contribution in [3.63, 3.8) is 0 Å². The van der Waals surface area contributed by atoms with E-state index in [0.29, 0.717) is 22.3 Å². The van der Waals surface area contributed by atoms with E-state index in [1.165, 1.54) is 6.92 Å². The minimum atomic E-state index is -0.0129. The van der Waals surface area contributed by atoms with Crippen molar-refractivity contribution in [1.82, 2.24) is 0 Å². The minimum absolute atomic E-state index is 0.0129. The van der Waals surface area contributed by atoms with E-state index in [9.17, 15) is 10.1 Å². The van der Waals surface area contributed by atoms with Crippen LogP contribution in [0.25, 0.3) is 0 Å². The Balaban J connectivity index is 2.00. The molecule has 0 aliphatic heterocycles. The van der Waals surface area contributed by atoms with Gasteiger partial charge in [0.2, 0.25) is 0 Å². The highest BCUT2D eigenvalue weighted by atomic mass is 16.1. The largest absolute Gasteiger partial charge is 0.294 e. The topological polar surface area (TPSA) is 40.9 Å². The van der Waals surface area contributed by atoms with Crippen LogP contribution in [0.3, 0.4) is 0 Å². The summed E-state index contributed by atoms with van der Waals surface area (Å²) in [5.41, 5.74) is 4.09. The van der Waals surface area contributed by atoms with Crippen LogP contribution in [-0.4, -0.2) is 5.78 Å². The molecule has 0 saturated heterocycles. The summed E-state index contributed by atoms with van der Waals surface area (Å²) in [7, 11) is 0. The third kappa shape index (κ3) is 4.32. The lowest BCUT2D eigenvalue weighted by Gasteiger charge is -1.99. The van der Waals surface area contributed by atoms with Crippen LogP contribution in [0.4, 0.5) is 0 Å². The fourth-order valence-corrected chi connectivity index (χ4v) is 2.56. The number of hydrogen-bond donors (Lipinski definition) is 0. The lowest BCUT2D eigenvalue weighted by molar-refractivity contribution is 0.101. The minimum Gasteiger partial charge on any atom is -0.294 e. The predicted molar refractivity (Wildman–Crippen MR) is 106 cm³/mol. The molecule has 0 amide bonds. The molecular weight excluding hydrogens is 330 g/mol. The van der Waals surface area contributed by atoms with Gasteiger partial charge in [-0.15, -0.1) is 0 Å². The van der Waals surface area contributed by atoms with Gasteiger partial charge in [0, 0.05) is 27.8 Å². The number of nitriles is 1. The maximum Gasteiger partial charge on any atom is 0.161 e. The van der Waals surface area contributed by atoms with Gasteiger partial charge < -0.3 is 0 Å². The van der Waals surface area contributed by atoms with Gasteiger partial charge in [0.1, 0.15) is 6.07 Å². The molecule has 0 atom stereocenters. The number of hydrogen-bond acceptors (Lipinski definition) is 2. The average molecular weight is 345 g/mol. The maximum absolute atomic E-state index is 11.7. The van der Waals surface area contributed by atoms with Crippen LogP contribution in [0.5, 0.6) is 0 Å². The smallest absolute Gasteiger partial charge is 0.161 e. The van der Waals surface area contributed by atoms with Crippen molar-refractivity contribution in [3.8, 4) is 29.8 Å². The van der Waals surface area contributed by atoms with Crippen molar-refractivity contribution >= 4 is 5.78 Å². The van der Waals surface area contributed by atoms with Crippen molar-refractivity contribution < 1.29 is 4.79 Å². The zero-order chi connectivity index (χ0) is 19.1. The Morgan fingerprint density at radius 2 is 1.00 bits per heavy atom.